The number of ether oxygens (including phenoxy) is 1. The van der Waals surface area contributed by atoms with Crippen LogP contribution in [-0.4, -0.2) is 32.1 Å². The van der Waals surface area contributed by atoms with Gasteiger partial charge in [0.25, 0.3) is 0 Å². The standard InChI is InChI=1S/C25H20ClN5O2S/c1-16-7-9-17(10-8-16)24-29-27-22(33-24)15-34-25-30-28-23(20-5-3-4-6-21(20)32-2)31(25)19-13-11-18(26)12-14-19/h3-14H,15H2,1-2H3. The van der Waals surface area contributed by atoms with Gasteiger partial charge in [-0.2, -0.15) is 0 Å². The van der Waals surface area contributed by atoms with Crippen molar-refractivity contribution in [1.82, 2.24) is 25.0 Å². The Kier molecular flexibility index (Phi) is 6.33. The van der Waals surface area contributed by atoms with Crippen LogP contribution in [0.1, 0.15) is 11.5 Å². The van der Waals surface area contributed by atoms with Gasteiger partial charge in [-0.3, -0.25) is 4.57 Å². The zero-order valence-corrected chi connectivity index (χ0v) is 20.0. The van der Waals surface area contributed by atoms with Crippen LogP contribution in [0.4, 0.5) is 0 Å². The fourth-order valence-corrected chi connectivity index (χ4v) is 4.36. The smallest absolute Gasteiger partial charge is 0.247 e. The Labute approximate surface area is 205 Å². The van der Waals surface area contributed by atoms with Crippen LogP contribution in [0.25, 0.3) is 28.5 Å². The lowest BCUT2D eigenvalue weighted by molar-refractivity contribution is 0.416. The summed E-state index contributed by atoms with van der Waals surface area (Å²) in [6.07, 6.45) is 0. The summed E-state index contributed by atoms with van der Waals surface area (Å²) in [6, 6.07) is 23.2. The second-order valence-electron chi connectivity index (χ2n) is 7.47. The van der Waals surface area contributed by atoms with Crippen molar-refractivity contribution in [3.8, 4) is 34.3 Å². The molecule has 170 valence electrons. The Hall–Kier alpha value is -3.62. The minimum atomic E-state index is 0.441. The van der Waals surface area contributed by atoms with Crippen molar-refractivity contribution in [1.29, 1.82) is 0 Å². The number of rotatable bonds is 7. The third kappa shape index (κ3) is 4.55. The van der Waals surface area contributed by atoms with Crippen molar-refractivity contribution in [3.05, 3.63) is 89.3 Å². The first-order valence-electron chi connectivity index (χ1n) is 10.5. The number of methoxy groups -OCH3 is 1. The molecule has 0 aliphatic carbocycles. The maximum atomic E-state index is 6.13. The summed E-state index contributed by atoms with van der Waals surface area (Å²) in [5.74, 6) is 2.81. The molecule has 0 radical (unpaired) electrons. The maximum absolute atomic E-state index is 6.13. The van der Waals surface area contributed by atoms with Crippen molar-refractivity contribution in [2.45, 2.75) is 17.8 Å². The molecule has 7 nitrogen and oxygen atoms in total. The molecule has 0 fully saturated rings. The van der Waals surface area contributed by atoms with Crippen LogP contribution < -0.4 is 4.74 Å². The minimum Gasteiger partial charge on any atom is -0.496 e. The molecule has 0 saturated carbocycles. The molecule has 5 rings (SSSR count). The van der Waals surface area contributed by atoms with Crippen LogP contribution in [0, 0.1) is 6.92 Å². The number of thioether (sulfide) groups is 1. The largest absolute Gasteiger partial charge is 0.496 e. The monoisotopic (exact) mass is 489 g/mol. The van der Waals surface area contributed by atoms with Gasteiger partial charge < -0.3 is 9.15 Å². The molecule has 2 heterocycles. The van der Waals surface area contributed by atoms with E-state index in [0.717, 1.165) is 16.8 Å². The SMILES string of the molecule is COc1ccccc1-c1nnc(SCc2nnc(-c3ccc(C)cc3)o2)n1-c1ccc(Cl)cc1. The molecule has 9 heteroatoms. The number of aromatic nitrogens is 5. The number of hydrogen-bond acceptors (Lipinski definition) is 7. The molecule has 0 amide bonds. The highest BCUT2D eigenvalue weighted by Gasteiger charge is 2.20. The van der Waals surface area contributed by atoms with Gasteiger partial charge in [-0.1, -0.05) is 53.2 Å². The van der Waals surface area contributed by atoms with Crippen LogP contribution >= 0.6 is 23.4 Å². The average molecular weight is 490 g/mol. The van der Waals surface area contributed by atoms with E-state index in [1.54, 1.807) is 7.11 Å². The van der Waals surface area contributed by atoms with Gasteiger partial charge in [0.15, 0.2) is 11.0 Å². The zero-order chi connectivity index (χ0) is 23.5. The maximum Gasteiger partial charge on any atom is 0.247 e. The number of aryl methyl sites for hydroxylation is 1. The van der Waals surface area contributed by atoms with Crippen molar-refractivity contribution in [2.75, 3.05) is 7.11 Å². The van der Waals surface area contributed by atoms with Crippen molar-refractivity contribution in [2.24, 2.45) is 0 Å². The second kappa shape index (κ2) is 9.70. The van der Waals surface area contributed by atoms with Crippen molar-refractivity contribution < 1.29 is 9.15 Å². The molecule has 0 aliphatic heterocycles. The minimum absolute atomic E-state index is 0.441. The van der Waals surface area contributed by atoms with E-state index >= 15 is 0 Å². The number of para-hydroxylation sites is 1. The van der Waals surface area contributed by atoms with Gasteiger partial charge in [-0.25, -0.2) is 0 Å². The predicted molar refractivity (Wildman–Crippen MR) is 132 cm³/mol. The van der Waals surface area contributed by atoms with Gasteiger partial charge in [0.05, 0.1) is 18.4 Å². The number of benzene rings is 3. The van der Waals surface area contributed by atoms with E-state index in [-0.39, 0.29) is 0 Å². The lowest BCUT2D eigenvalue weighted by Crippen LogP contribution is -2.01. The van der Waals surface area contributed by atoms with Crippen LogP contribution in [0.15, 0.2) is 82.4 Å². The average Bonchev–Trinajstić information content (AvgIpc) is 3.51. The zero-order valence-electron chi connectivity index (χ0n) is 18.5. The van der Waals surface area contributed by atoms with Crippen LogP contribution in [0.5, 0.6) is 5.75 Å². The molecule has 0 aliphatic rings. The lowest BCUT2D eigenvalue weighted by Gasteiger charge is -2.12. The second-order valence-corrected chi connectivity index (χ2v) is 8.85. The summed E-state index contributed by atoms with van der Waals surface area (Å²) in [7, 11) is 1.64. The summed E-state index contributed by atoms with van der Waals surface area (Å²) >= 11 is 7.59. The Bertz CT molecular complexity index is 1410. The van der Waals surface area contributed by atoms with Gasteiger partial charge in [0.1, 0.15) is 5.75 Å². The topological polar surface area (TPSA) is 78.9 Å². The lowest BCUT2D eigenvalue weighted by atomic mass is 10.1. The molecule has 0 N–H and O–H groups in total. The van der Waals surface area contributed by atoms with Gasteiger partial charge in [0, 0.05) is 16.3 Å². The first-order chi connectivity index (χ1) is 16.6. The van der Waals surface area contributed by atoms with Crippen LogP contribution in [0.2, 0.25) is 5.02 Å². The predicted octanol–water partition coefficient (Wildman–Crippen LogP) is 6.25. The van der Waals surface area contributed by atoms with Crippen molar-refractivity contribution in [3.63, 3.8) is 0 Å². The van der Waals surface area contributed by atoms with Crippen LogP contribution in [0.3, 0.4) is 0 Å². The highest BCUT2D eigenvalue weighted by atomic mass is 35.5. The quantitative estimate of drug-likeness (QED) is 0.250. The van der Waals surface area contributed by atoms with E-state index in [2.05, 4.69) is 20.4 Å². The molecule has 34 heavy (non-hydrogen) atoms. The Morgan fingerprint density at radius 2 is 1.68 bits per heavy atom. The molecular weight excluding hydrogens is 470 g/mol. The highest BCUT2D eigenvalue weighted by molar-refractivity contribution is 7.98. The van der Waals surface area contributed by atoms with E-state index in [4.69, 9.17) is 20.8 Å². The Balaban J connectivity index is 1.47. The fraction of sp³-hybridized carbons (Fsp3) is 0.120. The first-order valence-corrected chi connectivity index (χ1v) is 11.9. The molecule has 0 bridgehead atoms. The fourth-order valence-electron chi connectivity index (χ4n) is 3.44. The normalized spacial score (nSPS) is 11.0. The van der Waals surface area contributed by atoms with E-state index < -0.39 is 0 Å². The molecule has 3 aromatic carbocycles. The molecule has 0 spiro atoms. The number of hydrogen-bond donors (Lipinski definition) is 0. The molecule has 0 saturated heterocycles. The third-order valence-electron chi connectivity index (χ3n) is 5.16. The first kappa shape index (κ1) is 22.2. The van der Waals surface area contributed by atoms with Gasteiger partial charge in [-0.05, 0) is 55.5 Å². The molecular formula is C25H20ClN5O2S. The highest BCUT2D eigenvalue weighted by Crippen LogP contribution is 2.34. The van der Waals surface area contributed by atoms with Gasteiger partial charge in [-0.15, -0.1) is 20.4 Å². The summed E-state index contributed by atoms with van der Waals surface area (Å²) < 4.78 is 13.4. The number of halogens is 1. The van der Waals surface area contributed by atoms with E-state index in [1.165, 1.54) is 17.3 Å². The Morgan fingerprint density at radius 3 is 2.44 bits per heavy atom. The molecule has 5 aromatic rings. The van der Waals surface area contributed by atoms with E-state index in [9.17, 15) is 0 Å². The molecule has 2 aromatic heterocycles. The number of nitrogens with zero attached hydrogens (tertiary/aromatic N) is 5. The summed E-state index contributed by atoms with van der Waals surface area (Å²) in [4.78, 5) is 0. The van der Waals surface area contributed by atoms with Gasteiger partial charge >= 0.3 is 0 Å². The van der Waals surface area contributed by atoms with Crippen molar-refractivity contribution >= 4 is 23.4 Å². The Morgan fingerprint density at radius 1 is 0.912 bits per heavy atom. The van der Waals surface area contributed by atoms with Gasteiger partial charge in [0.2, 0.25) is 11.8 Å². The van der Waals surface area contributed by atoms with E-state index in [1.807, 2.05) is 84.3 Å². The molecule has 0 atom stereocenters. The summed E-state index contributed by atoms with van der Waals surface area (Å²) in [6.45, 7) is 2.04. The summed E-state index contributed by atoms with van der Waals surface area (Å²) in [5.41, 5.74) is 3.77. The molecule has 0 unspecified atom stereocenters. The van der Waals surface area contributed by atoms with E-state index in [0.29, 0.717) is 39.3 Å². The van der Waals surface area contributed by atoms with Crippen LogP contribution in [-0.2, 0) is 5.75 Å². The third-order valence-corrected chi connectivity index (χ3v) is 6.32. The summed E-state index contributed by atoms with van der Waals surface area (Å²) in [5, 5.41) is 18.7.